The molecule has 0 aliphatic rings. The highest BCUT2D eigenvalue weighted by Crippen LogP contribution is 2.39. The zero-order chi connectivity index (χ0) is 23.8. The average Bonchev–Trinajstić information content (AvgIpc) is 2.78. The highest BCUT2D eigenvalue weighted by Gasteiger charge is 2.40. The molecule has 4 rings (SSSR count). The first-order chi connectivity index (χ1) is 15.7. The van der Waals surface area contributed by atoms with Crippen LogP contribution in [0.3, 0.4) is 0 Å². The highest BCUT2D eigenvalue weighted by atomic mass is 19.4. The molecule has 1 N–H and O–H groups in total. The first-order valence-electron chi connectivity index (χ1n) is 9.89. The summed E-state index contributed by atoms with van der Waals surface area (Å²) in [7, 11) is 0. The predicted molar refractivity (Wildman–Crippen MR) is 114 cm³/mol. The quantitative estimate of drug-likeness (QED) is 0.394. The summed E-state index contributed by atoms with van der Waals surface area (Å²) < 4.78 is 57.0. The van der Waals surface area contributed by atoms with Gasteiger partial charge in [-0.05, 0) is 41.0 Å². The van der Waals surface area contributed by atoms with Gasteiger partial charge in [-0.3, -0.25) is 4.79 Å². The summed E-state index contributed by atoms with van der Waals surface area (Å²) in [5, 5.41) is 10.3. The van der Waals surface area contributed by atoms with Gasteiger partial charge in [0, 0.05) is 6.07 Å². The summed E-state index contributed by atoms with van der Waals surface area (Å²) in [6, 6.07) is 14.3. The van der Waals surface area contributed by atoms with Gasteiger partial charge in [0.1, 0.15) is 17.1 Å². The first kappa shape index (κ1) is 22.2. The van der Waals surface area contributed by atoms with E-state index in [0.717, 1.165) is 16.8 Å². The molecular formula is C24H17F3O6. The van der Waals surface area contributed by atoms with Crippen LogP contribution in [-0.4, -0.2) is 17.7 Å². The van der Waals surface area contributed by atoms with Crippen LogP contribution in [0.1, 0.15) is 18.2 Å². The van der Waals surface area contributed by atoms with E-state index >= 15 is 0 Å². The van der Waals surface area contributed by atoms with Gasteiger partial charge >= 0.3 is 12.1 Å². The molecule has 0 atom stereocenters. The Morgan fingerprint density at radius 1 is 1.06 bits per heavy atom. The minimum absolute atomic E-state index is 0.0203. The lowest BCUT2D eigenvalue weighted by Gasteiger charge is -2.15. The van der Waals surface area contributed by atoms with Gasteiger partial charge in [0.05, 0.1) is 5.39 Å². The van der Waals surface area contributed by atoms with Crippen LogP contribution >= 0.6 is 0 Å². The molecule has 4 aromatic rings. The molecule has 9 heteroatoms. The molecule has 0 radical (unpaired) electrons. The molecule has 1 heterocycles. The Morgan fingerprint density at radius 2 is 1.79 bits per heavy atom. The van der Waals surface area contributed by atoms with Crippen LogP contribution in [-0.2, 0) is 17.4 Å². The minimum atomic E-state index is -5.02. The third-order valence-corrected chi connectivity index (χ3v) is 4.96. The number of benzene rings is 3. The summed E-state index contributed by atoms with van der Waals surface area (Å²) in [4.78, 5) is 23.9. The molecule has 0 saturated carbocycles. The van der Waals surface area contributed by atoms with Crippen molar-refractivity contribution in [2.75, 3.05) is 6.61 Å². The summed E-state index contributed by atoms with van der Waals surface area (Å²) in [6.45, 7) is 1.03. The number of carbonyl (C=O) groups is 1. The number of hydrogen-bond acceptors (Lipinski definition) is 5. The van der Waals surface area contributed by atoms with Crippen LogP contribution in [0.4, 0.5) is 13.2 Å². The maximum Gasteiger partial charge on any atom is 0.453 e. The first-order valence-corrected chi connectivity index (χ1v) is 9.89. The maximum atomic E-state index is 13.8. The largest absolute Gasteiger partial charge is 0.481 e. The van der Waals surface area contributed by atoms with E-state index in [1.165, 1.54) is 18.2 Å². The second kappa shape index (κ2) is 8.50. The SMILES string of the molecule is CCc1cc2c(=O)c(Oc3ccc4ccccc4c3)c(C(F)(F)F)oc2cc1OCC(=O)O. The van der Waals surface area contributed by atoms with Crippen molar-refractivity contribution >= 4 is 27.7 Å². The van der Waals surface area contributed by atoms with Crippen molar-refractivity contribution in [3.8, 4) is 17.2 Å². The number of alkyl halides is 3. The maximum absolute atomic E-state index is 13.8. The number of carboxylic acid groups (broad SMARTS) is 1. The number of halogens is 3. The number of rotatable bonds is 6. The van der Waals surface area contributed by atoms with Crippen molar-refractivity contribution in [2.24, 2.45) is 0 Å². The fraction of sp³-hybridized carbons (Fsp3) is 0.167. The number of aliphatic carboxylic acids is 1. The van der Waals surface area contributed by atoms with Crippen LogP contribution in [0.25, 0.3) is 21.7 Å². The fourth-order valence-corrected chi connectivity index (χ4v) is 3.43. The van der Waals surface area contributed by atoms with Crippen LogP contribution in [0, 0.1) is 0 Å². The molecule has 170 valence electrons. The zero-order valence-electron chi connectivity index (χ0n) is 17.2. The lowest BCUT2D eigenvalue weighted by Crippen LogP contribution is -2.16. The van der Waals surface area contributed by atoms with Gasteiger partial charge in [0.15, 0.2) is 6.61 Å². The van der Waals surface area contributed by atoms with Gasteiger partial charge in [-0.25, -0.2) is 4.79 Å². The number of fused-ring (bicyclic) bond motifs is 2. The Hall–Kier alpha value is -4.01. The molecule has 0 spiro atoms. The van der Waals surface area contributed by atoms with Crippen molar-refractivity contribution in [2.45, 2.75) is 19.5 Å². The zero-order valence-corrected chi connectivity index (χ0v) is 17.2. The fourth-order valence-electron chi connectivity index (χ4n) is 3.43. The smallest absolute Gasteiger partial charge is 0.453 e. The Morgan fingerprint density at radius 3 is 2.45 bits per heavy atom. The number of hydrogen-bond donors (Lipinski definition) is 1. The van der Waals surface area contributed by atoms with Crippen LogP contribution in [0.5, 0.6) is 17.2 Å². The van der Waals surface area contributed by atoms with Crippen molar-refractivity contribution < 1.29 is 37.0 Å². The van der Waals surface area contributed by atoms with E-state index in [0.29, 0.717) is 12.0 Å². The summed E-state index contributed by atoms with van der Waals surface area (Å²) in [5.74, 6) is -3.77. The van der Waals surface area contributed by atoms with Crippen molar-refractivity contribution in [3.05, 3.63) is 76.1 Å². The van der Waals surface area contributed by atoms with E-state index in [4.69, 9.17) is 19.0 Å². The average molecular weight is 458 g/mol. The standard InChI is InChI=1S/C24H17F3O6/c1-2-13-10-17-19(11-18(13)31-12-20(28)29)33-23(24(25,26)27)22(21(17)30)32-16-8-7-14-5-3-4-6-15(14)9-16/h3-11H,2,12H2,1H3,(H,28,29). The third kappa shape index (κ3) is 4.48. The predicted octanol–water partition coefficient (Wildman–Crippen LogP) is 5.78. The van der Waals surface area contributed by atoms with Crippen molar-refractivity contribution in [3.63, 3.8) is 0 Å². The molecular weight excluding hydrogens is 441 g/mol. The molecule has 0 bridgehead atoms. The van der Waals surface area contributed by atoms with Crippen LogP contribution in [0.15, 0.2) is 63.8 Å². The van der Waals surface area contributed by atoms with Gasteiger partial charge < -0.3 is 19.0 Å². The van der Waals surface area contributed by atoms with Gasteiger partial charge in [-0.2, -0.15) is 13.2 Å². The number of aryl methyl sites for hydroxylation is 1. The Labute approximate surface area is 184 Å². The number of ether oxygens (including phenoxy) is 2. The van der Waals surface area contributed by atoms with Gasteiger partial charge in [0.2, 0.25) is 11.2 Å². The van der Waals surface area contributed by atoms with Crippen LogP contribution in [0.2, 0.25) is 0 Å². The third-order valence-electron chi connectivity index (χ3n) is 4.96. The van der Waals surface area contributed by atoms with E-state index in [1.807, 2.05) is 12.1 Å². The van der Waals surface area contributed by atoms with Gasteiger partial charge in [0.25, 0.3) is 5.76 Å². The molecule has 0 aliphatic heterocycles. The van der Waals surface area contributed by atoms with Crippen LogP contribution < -0.4 is 14.9 Å². The number of carboxylic acids is 1. The summed E-state index contributed by atoms with van der Waals surface area (Å²) >= 11 is 0. The molecule has 0 saturated heterocycles. The topological polar surface area (TPSA) is 86.0 Å². The van der Waals surface area contributed by atoms with Crippen molar-refractivity contribution in [1.29, 1.82) is 0 Å². The normalized spacial score (nSPS) is 11.6. The molecule has 33 heavy (non-hydrogen) atoms. The van der Waals surface area contributed by atoms with E-state index in [2.05, 4.69) is 0 Å². The molecule has 0 unspecified atom stereocenters. The van der Waals surface area contributed by atoms with Gasteiger partial charge in [-0.15, -0.1) is 0 Å². The molecule has 3 aromatic carbocycles. The highest BCUT2D eigenvalue weighted by molar-refractivity contribution is 5.84. The van der Waals surface area contributed by atoms with Gasteiger partial charge in [-0.1, -0.05) is 37.3 Å². The van der Waals surface area contributed by atoms with E-state index in [9.17, 15) is 22.8 Å². The molecule has 0 amide bonds. The molecule has 1 aromatic heterocycles. The second-order valence-corrected chi connectivity index (χ2v) is 7.19. The minimum Gasteiger partial charge on any atom is -0.481 e. The molecule has 0 fully saturated rings. The Balaban J connectivity index is 1.88. The lowest BCUT2D eigenvalue weighted by molar-refractivity contribution is -0.154. The molecule has 0 aliphatic carbocycles. The van der Waals surface area contributed by atoms with E-state index < -0.39 is 41.3 Å². The van der Waals surface area contributed by atoms with Crippen molar-refractivity contribution in [1.82, 2.24) is 0 Å². The summed E-state index contributed by atoms with van der Waals surface area (Å²) in [5.41, 5.74) is -0.959. The lowest BCUT2D eigenvalue weighted by atomic mass is 10.1. The van der Waals surface area contributed by atoms with E-state index in [-0.39, 0.29) is 16.9 Å². The Kier molecular flexibility index (Phi) is 5.71. The Bertz CT molecular complexity index is 1420. The summed E-state index contributed by atoms with van der Waals surface area (Å²) in [6.07, 6.45) is -4.68. The second-order valence-electron chi connectivity index (χ2n) is 7.19. The molecule has 6 nitrogen and oxygen atoms in total. The monoisotopic (exact) mass is 458 g/mol. The van der Waals surface area contributed by atoms with E-state index in [1.54, 1.807) is 25.1 Å².